The van der Waals surface area contributed by atoms with Gasteiger partial charge in [0, 0.05) is 5.92 Å². The second kappa shape index (κ2) is 3.69. The summed E-state index contributed by atoms with van der Waals surface area (Å²) in [7, 11) is 0. The van der Waals surface area contributed by atoms with Crippen LogP contribution in [-0.4, -0.2) is 28.6 Å². The van der Waals surface area contributed by atoms with Gasteiger partial charge in [-0.25, -0.2) is 0 Å². The monoisotopic (exact) mass is 264 g/mol. The van der Waals surface area contributed by atoms with Crippen LogP contribution in [0.5, 0.6) is 0 Å². The van der Waals surface area contributed by atoms with Crippen molar-refractivity contribution >= 4 is 11.8 Å². The Morgan fingerprint density at radius 2 is 2.00 bits per heavy atom. The maximum atomic E-state index is 12.4. The molecule has 0 aromatic rings. The minimum Gasteiger partial charge on any atom is -0.461 e. The quantitative estimate of drug-likeness (QED) is 0.673. The van der Waals surface area contributed by atoms with Crippen molar-refractivity contribution in [2.24, 2.45) is 23.2 Å². The fraction of sp³-hybridized carbons (Fsp3) is 0.733. The van der Waals surface area contributed by atoms with Gasteiger partial charge in [0.2, 0.25) is 0 Å². The van der Waals surface area contributed by atoms with Crippen LogP contribution in [0.1, 0.15) is 33.6 Å². The highest BCUT2D eigenvalue weighted by Crippen LogP contribution is 2.56. The Kier molecular flexibility index (Phi) is 2.50. The van der Waals surface area contributed by atoms with Gasteiger partial charge in [0.05, 0.1) is 11.3 Å². The van der Waals surface area contributed by atoms with Gasteiger partial charge in [0.1, 0.15) is 11.7 Å². The first-order valence-electron chi connectivity index (χ1n) is 6.99. The summed E-state index contributed by atoms with van der Waals surface area (Å²) in [6.07, 6.45) is 4.17. The third kappa shape index (κ3) is 1.33. The highest BCUT2D eigenvalue weighted by Gasteiger charge is 2.67. The van der Waals surface area contributed by atoms with E-state index in [0.717, 1.165) is 12.8 Å². The van der Waals surface area contributed by atoms with Gasteiger partial charge in [0.15, 0.2) is 5.78 Å². The van der Waals surface area contributed by atoms with E-state index >= 15 is 0 Å². The first kappa shape index (κ1) is 12.9. The summed E-state index contributed by atoms with van der Waals surface area (Å²) < 4.78 is 5.50. The van der Waals surface area contributed by atoms with E-state index in [1.54, 1.807) is 13.0 Å². The molecule has 3 aliphatic rings. The Bertz CT molecular complexity index is 483. The van der Waals surface area contributed by atoms with E-state index in [-0.39, 0.29) is 29.5 Å². The third-order valence-corrected chi connectivity index (χ3v) is 5.73. The standard InChI is InChI=1S/C15H20O4/c1-8-4-5-10-9(2)13(17)19-12(10)14(3)11(16)6-7-15(8,14)18/h6-10,12,18H,4-5H2,1-3H3/t8-,9?,10-,12+,14-,15-/m0/s1. The molecule has 0 radical (unpaired) electrons. The Labute approximate surface area is 112 Å². The molecule has 1 unspecified atom stereocenters. The number of fused-ring (bicyclic) bond motifs is 3. The summed E-state index contributed by atoms with van der Waals surface area (Å²) in [4.78, 5) is 24.2. The maximum absolute atomic E-state index is 12.4. The second-order valence-electron chi connectivity index (χ2n) is 6.51. The molecular weight excluding hydrogens is 244 g/mol. The van der Waals surface area contributed by atoms with Crippen molar-refractivity contribution in [3.8, 4) is 0 Å². The van der Waals surface area contributed by atoms with Gasteiger partial charge in [0.25, 0.3) is 0 Å². The minimum atomic E-state index is -1.20. The van der Waals surface area contributed by atoms with Crippen molar-refractivity contribution in [2.45, 2.75) is 45.3 Å². The first-order chi connectivity index (χ1) is 8.82. The summed E-state index contributed by atoms with van der Waals surface area (Å²) in [6, 6.07) is 0. The van der Waals surface area contributed by atoms with Gasteiger partial charge in [-0.1, -0.05) is 13.8 Å². The van der Waals surface area contributed by atoms with Gasteiger partial charge < -0.3 is 9.84 Å². The molecule has 19 heavy (non-hydrogen) atoms. The predicted octanol–water partition coefficient (Wildman–Crippen LogP) is 1.47. The van der Waals surface area contributed by atoms with Crippen molar-refractivity contribution in [1.29, 1.82) is 0 Å². The van der Waals surface area contributed by atoms with Gasteiger partial charge in [-0.3, -0.25) is 9.59 Å². The number of esters is 1. The molecule has 3 rings (SSSR count). The van der Waals surface area contributed by atoms with Crippen molar-refractivity contribution in [3.63, 3.8) is 0 Å². The second-order valence-corrected chi connectivity index (χ2v) is 6.51. The molecule has 2 fully saturated rings. The molecule has 1 N–H and O–H groups in total. The third-order valence-electron chi connectivity index (χ3n) is 5.73. The number of rotatable bonds is 0. The average molecular weight is 264 g/mol. The number of hydrogen-bond acceptors (Lipinski definition) is 4. The molecule has 1 aliphatic heterocycles. The molecule has 4 heteroatoms. The number of carbonyl (C=O) groups is 2. The zero-order valence-corrected chi connectivity index (χ0v) is 11.6. The molecule has 0 aromatic heterocycles. The topological polar surface area (TPSA) is 63.6 Å². The highest BCUT2D eigenvalue weighted by molar-refractivity contribution is 6.00. The lowest BCUT2D eigenvalue weighted by Gasteiger charge is -2.43. The Morgan fingerprint density at radius 3 is 2.68 bits per heavy atom. The Morgan fingerprint density at radius 1 is 1.32 bits per heavy atom. The smallest absolute Gasteiger partial charge is 0.309 e. The molecule has 6 atom stereocenters. The number of aliphatic hydroxyl groups is 1. The van der Waals surface area contributed by atoms with Gasteiger partial charge in [-0.05, 0) is 37.8 Å². The van der Waals surface area contributed by atoms with Gasteiger partial charge >= 0.3 is 5.97 Å². The number of hydrogen-bond donors (Lipinski definition) is 1. The molecule has 0 amide bonds. The summed E-state index contributed by atoms with van der Waals surface area (Å²) in [5.74, 6) is -0.548. The lowest BCUT2D eigenvalue weighted by atomic mass is 9.64. The fourth-order valence-corrected chi connectivity index (χ4v) is 4.16. The van der Waals surface area contributed by atoms with E-state index in [1.807, 2.05) is 13.8 Å². The SMILES string of the molecule is CC1C(=O)O[C@@H]2[C@H]1CC[C@H](C)[C@@]1(O)C=CC(=O)[C@@]21C. The van der Waals surface area contributed by atoms with Crippen LogP contribution < -0.4 is 0 Å². The zero-order chi connectivity index (χ0) is 14.0. The average Bonchev–Trinajstić information content (AvgIpc) is 2.76. The van der Waals surface area contributed by atoms with E-state index in [2.05, 4.69) is 0 Å². The summed E-state index contributed by atoms with van der Waals surface area (Å²) in [5.41, 5.74) is -2.23. The van der Waals surface area contributed by atoms with Gasteiger partial charge in [-0.15, -0.1) is 0 Å². The first-order valence-corrected chi connectivity index (χ1v) is 6.99. The Balaban J connectivity index is 2.13. The van der Waals surface area contributed by atoms with Crippen LogP contribution in [0.2, 0.25) is 0 Å². The minimum absolute atomic E-state index is 0.0169. The van der Waals surface area contributed by atoms with Crippen molar-refractivity contribution < 1.29 is 19.4 Å². The van der Waals surface area contributed by atoms with E-state index < -0.39 is 17.1 Å². The molecule has 0 aromatic carbocycles. The number of allylic oxidation sites excluding steroid dienone is 1. The molecule has 1 heterocycles. The molecule has 104 valence electrons. The van der Waals surface area contributed by atoms with Crippen LogP contribution in [0.15, 0.2) is 12.2 Å². The van der Waals surface area contributed by atoms with E-state index in [4.69, 9.17) is 4.74 Å². The van der Waals surface area contributed by atoms with E-state index in [0.29, 0.717) is 0 Å². The lowest BCUT2D eigenvalue weighted by Crippen LogP contribution is -2.56. The predicted molar refractivity (Wildman–Crippen MR) is 68.1 cm³/mol. The van der Waals surface area contributed by atoms with E-state index in [9.17, 15) is 14.7 Å². The van der Waals surface area contributed by atoms with Crippen LogP contribution in [0.25, 0.3) is 0 Å². The van der Waals surface area contributed by atoms with Gasteiger partial charge in [-0.2, -0.15) is 0 Å². The number of ether oxygens (including phenoxy) is 1. The fourth-order valence-electron chi connectivity index (χ4n) is 4.16. The van der Waals surface area contributed by atoms with Crippen LogP contribution in [0.3, 0.4) is 0 Å². The normalized spacial score (nSPS) is 52.6. The van der Waals surface area contributed by atoms with Crippen molar-refractivity contribution in [1.82, 2.24) is 0 Å². The summed E-state index contributed by atoms with van der Waals surface area (Å²) >= 11 is 0. The van der Waals surface area contributed by atoms with Crippen LogP contribution in [0.4, 0.5) is 0 Å². The van der Waals surface area contributed by atoms with Crippen LogP contribution >= 0.6 is 0 Å². The van der Waals surface area contributed by atoms with Crippen LogP contribution in [0, 0.1) is 23.2 Å². The largest absolute Gasteiger partial charge is 0.461 e. The van der Waals surface area contributed by atoms with Crippen LogP contribution in [-0.2, 0) is 14.3 Å². The molecule has 2 aliphatic carbocycles. The summed E-state index contributed by atoms with van der Waals surface area (Å²) in [5, 5.41) is 11.0. The number of ketones is 1. The molecule has 0 bridgehead atoms. The molecule has 0 spiro atoms. The van der Waals surface area contributed by atoms with Crippen molar-refractivity contribution in [2.75, 3.05) is 0 Å². The molecule has 1 saturated heterocycles. The highest BCUT2D eigenvalue weighted by atomic mass is 16.6. The van der Waals surface area contributed by atoms with E-state index in [1.165, 1.54) is 6.08 Å². The Hall–Kier alpha value is -1.16. The zero-order valence-electron chi connectivity index (χ0n) is 11.6. The maximum Gasteiger partial charge on any atom is 0.309 e. The summed E-state index contributed by atoms with van der Waals surface area (Å²) in [6.45, 7) is 5.58. The molecule has 1 saturated carbocycles. The molecule has 4 nitrogen and oxygen atoms in total. The molecular formula is C15H20O4. The lowest BCUT2D eigenvalue weighted by molar-refractivity contribution is -0.166. The van der Waals surface area contributed by atoms with Crippen molar-refractivity contribution in [3.05, 3.63) is 12.2 Å². The number of carbonyl (C=O) groups excluding carboxylic acids is 2.